The Morgan fingerprint density at radius 2 is 2.00 bits per heavy atom. The molecule has 1 saturated heterocycles. The standard InChI is InChI=1S/C29H39N3O5/c1-20(2)16-32(17-21-14-24(33)28-25(15-21)35-11-5-12-37-28)29(34)26-19-31(10-13-36-26)18-23-7-4-6-22-8-9-30(3)27(22)23/h4,6-7,14-15,20,26,33H,5,8-13,16-19H2,1-3H3. The van der Waals surface area contributed by atoms with E-state index in [9.17, 15) is 9.90 Å². The maximum Gasteiger partial charge on any atom is 0.253 e. The van der Waals surface area contributed by atoms with Crippen molar-refractivity contribution in [3.05, 3.63) is 47.0 Å². The molecule has 0 radical (unpaired) electrons. The molecule has 0 aliphatic carbocycles. The van der Waals surface area contributed by atoms with E-state index in [0.717, 1.165) is 38.0 Å². The van der Waals surface area contributed by atoms with Crippen LogP contribution in [0.5, 0.6) is 17.2 Å². The summed E-state index contributed by atoms with van der Waals surface area (Å²) in [6, 6.07) is 10.1. The number of anilines is 1. The van der Waals surface area contributed by atoms with Gasteiger partial charge in [-0.3, -0.25) is 9.69 Å². The zero-order valence-electron chi connectivity index (χ0n) is 22.2. The Labute approximate surface area is 219 Å². The van der Waals surface area contributed by atoms with Gasteiger partial charge in [-0.25, -0.2) is 0 Å². The molecule has 37 heavy (non-hydrogen) atoms. The number of amides is 1. The van der Waals surface area contributed by atoms with Gasteiger partial charge in [-0.15, -0.1) is 0 Å². The highest BCUT2D eigenvalue weighted by molar-refractivity contribution is 5.81. The smallest absolute Gasteiger partial charge is 0.253 e. The molecule has 0 spiro atoms. The summed E-state index contributed by atoms with van der Waals surface area (Å²) < 4.78 is 17.5. The summed E-state index contributed by atoms with van der Waals surface area (Å²) in [6.07, 6.45) is 1.33. The third kappa shape index (κ3) is 5.80. The van der Waals surface area contributed by atoms with Gasteiger partial charge in [-0.1, -0.05) is 32.0 Å². The highest BCUT2D eigenvalue weighted by Gasteiger charge is 2.32. The molecular formula is C29H39N3O5. The molecule has 0 aromatic heterocycles. The van der Waals surface area contributed by atoms with Crippen LogP contribution in [0.3, 0.4) is 0 Å². The maximum atomic E-state index is 13.8. The van der Waals surface area contributed by atoms with Crippen molar-refractivity contribution in [3.8, 4) is 17.2 Å². The van der Waals surface area contributed by atoms with Gasteiger partial charge in [0.05, 0.1) is 19.8 Å². The van der Waals surface area contributed by atoms with Gasteiger partial charge in [0.15, 0.2) is 11.5 Å². The van der Waals surface area contributed by atoms with Gasteiger partial charge in [0, 0.05) is 58.4 Å². The summed E-state index contributed by atoms with van der Waals surface area (Å²) in [5.74, 6) is 1.24. The van der Waals surface area contributed by atoms with Gasteiger partial charge in [0.2, 0.25) is 5.75 Å². The molecule has 3 aliphatic heterocycles. The first-order chi connectivity index (χ1) is 17.9. The van der Waals surface area contributed by atoms with Crippen LogP contribution in [0.1, 0.15) is 37.0 Å². The van der Waals surface area contributed by atoms with Gasteiger partial charge < -0.3 is 29.1 Å². The van der Waals surface area contributed by atoms with Crippen LogP contribution in [-0.4, -0.2) is 80.0 Å². The van der Waals surface area contributed by atoms with Crippen LogP contribution in [-0.2, 0) is 29.0 Å². The van der Waals surface area contributed by atoms with Crippen molar-refractivity contribution in [2.75, 3.05) is 57.9 Å². The average molecular weight is 510 g/mol. The second-order valence-corrected chi connectivity index (χ2v) is 10.8. The van der Waals surface area contributed by atoms with Crippen molar-refractivity contribution in [2.45, 2.75) is 45.9 Å². The van der Waals surface area contributed by atoms with E-state index in [-0.39, 0.29) is 11.7 Å². The highest BCUT2D eigenvalue weighted by Crippen LogP contribution is 2.39. The van der Waals surface area contributed by atoms with Crippen LogP contribution < -0.4 is 14.4 Å². The predicted molar refractivity (Wildman–Crippen MR) is 142 cm³/mol. The fourth-order valence-corrected chi connectivity index (χ4v) is 5.60. The zero-order chi connectivity index (χ0) is 25.9. The number of phenols is 1. The highest BCUT2D eigenvalue weighted by atomic mass is 16.5. The van der Waals surface area contributed by atoms with Crippen molar-refractivity contribution >= 4 is 11.6 Å². The topological polar surface area (TPSA) is 74.7 Å². The first-order valence-electron chi connectivity index (χ1n) is 13.4. The Balaban J connectivity index is 1.30. The van der Waals surface area contributed by atoms with Gasteiger partial charge >= 0.3 is 0 Å². The molecule has 0 bridgehead atoms. The maximum absolute atomic E-state index is 13.8. The minimum atomic E-state index is -0.518. The number of morpholine rings is 1. The lowest BCUT2D eigenvalue weighted by Crippen LogP contribution is -2.51. The van der Waals surface area contributed by atoms with E-state index in [2.05, 4.69) is 48.9 Å². The third-order valence-corrected chi connectivity index (χ3v) is 7.28. The van der Waals surface area contributed by atoms with Crippen molar-refractivity contribution in [3.63, 3.8) is 0 Å². The van der Waals surface area contributed by atoms with Gasteiger partial charge in [0.1, 0.15) is 6.10 Å². The van der Waals surface area contributed by atoms with E-state index in [4.69, 9.17) is 14.2 Å². The van der Waals surface area contributed by atoms with Crippen LogP contribution in [0.25, 0.3) is 0 Å². The van der Waals surface area contributed by atoms with Crippen LogP contribution in [0.2, 0.25) is 0 Å². The monoisotopic (exact) mass is 509 g/mol. The summed E-state index contributed by atoms with van der Waals surface area (Å²) in [7, 11) is 2.15. The van der Waals surface area contributed by atoms with Crippen LogP contribution >= 0.6 is 0 Å². The molecule has 2 aromatic rings. The van der Waals surface area contributed by atoms with E-state index in [1.54, 1.807) is 6.07 Å². The summed E-state index contributed by atoms with van der Waals surface area (Å²) >= 11 is 0. The Kier molecular flexibility index (Phi) is 7.76. The molecule has 1 N–H and O–H groups in total. The lowest BCUT2D eigenvalue weighted by molar-refractivity contribution is -0.151. The van der Waals surface area contributed by atoms with E-state index in [1.165, 1.54) is 16.8 Å². The fourth-order valence-electron chi connectivity index (χ4n) is 5.60. The van der Waals surface area contributed by atoms with Crippen molar-refractivity contribution in [1.82, 2.24) is 9.80 Å². The number of likely N-dealkylation sites (N-methyl/N-ethyl adjacent to an activating group) is 1. The number of hydrogen-bond donors (Lipinski definition) is 1. The lowest BCUT2D eigenvalue weighted by atomic mass is 10.1. The number of aromatic hydroxyl groups is 1. The summed E-state index contributed by atoms with van der Waals surface area (Å²) in [5, 5.41) is 10.6. The molecule has 5 rings (SSSR count). The summed E-state index contributed by atoms with van der Waals surface area (Å²) in [4.78, 5) is 20.3. The molecule has 1 fully saturated rings. The molecule has 1 amide bonds. The van der Waals surface area contributed by atoms with E-state index in [1.807, 2.05) is 11.0 Å². The Bertz CT molecular complexity index is 1120. The molecule has 200 valence electrons. The number of phenolic OH excluding ortho intramolecular Hbond substituents is 1. The molecule has 0 saturated carbocycles. The largest absolute Gasteiger partial charge is 0.504 e. The van der Waals surface area contributed by atoms with Gasteiger partial charge in [-0.2, -0.15) is 0 Å². The van der Waals surface area contributed by atoms with Gasteiger partial charge in [-0.05, 0) is 41.2 Å². The number of rotatable bonds is 7. The molecule has 2 aromatic carbocycles. The minimum Gasteiger partial charge on any atom is -0.504 e. The lowest BCUT2D eigenvalue weighted by Gasteiger charge is -2.36. The van der Waals surface area contributed by atoms with Crippen LogP contribution in [0, 0.1) is 5.92 Å². The molecule has 1 unspecified atom stereocenters. The van der Waals surface area contributed by atoms with Crippen LogP contribution in [0.4, 0.5) is 5.69 Å². The van der Waals surface area contributed by atoms with E-state index < -0.39 is 6.10 Å². The third-order valence-electron chi connectivity index (χ3n) is 7.28. The van der Waals surface area contributed by atoms with Crippen molar-refractivity contribution in [2.24, 2.45) is 5.92 Å². The number of hydrogen-bond acceptors (Lipinski definition) is 7. The number of carbonyl (C=O) groups excluding carboxylic acids is 1. The number of ether oxygens (including phenoxy) is 3. The minimum absolute atomic E-state index is 0.0135. The number of carbonyl (C=O) groups is 1. The Morgan fingerprint density at radius 3 is 2.84 bits per heavy atom. The Morgan fingerprint density at radius 1 is 1.16 bits per heavy atom. The normalized spacial score (nSPS) is 19.6. The van der Waals surface area contributed by atoms with Crippen molar-refractivity contribution < 1.29 is 24.1 Å². The molecule has 1 atom stereocenters. The second kappa shape index (κ2) is 11.2. The first-order valence-corrected chi connectivity index (χ1v) is 13.4. The SMILES string of the molecule is CC(C)CN(Cc1cc(O)c2c(c1)OCCCO2)C(=O)C1CN(Cc2cccc3c2N(C)CC3)CCO1. The molecule has 8 nitrogen and oxygen atoms in total. The van der Waals surface area contributed by atoms with E-state index in [0.29, 0.717) is 56.9 Å². The molecule has 3 aliphatic rings. The number of nitrogens with zero attached hydrogens (tertiary/aromatic N) is 3. The predicted octanol–water partition coefficient (Wildman–Crippen LogP) is 3.43. The zero-order valence-corrected chi connectivity index (χ0v) is 22.2. The Hall–Kier alpha value is -2.97. The van der Waals surface area contributed by atoms with Gasteiger partial charge in [0.25, 0.3) is 5.91 Å². The number of fused-ring (bicyclic) bond motifs is 2. The fraction of sp³-hybridized carbons (Fsp3) is 0.552. The first kappa shape index (κ1) is 25.7. The second-order valence-electron chi connectivity index (χ2n) is 10.8. The molecule has 3 heterocycles. The molecular weight excluding hydrogens is 470 g/mol. The average Bonchev–Trinajstić information content (AvgIpc) is 3.09. The van der Waals surface area contributed by atoms with Crippen LogP contribution in [0.15, 0.2) is 30.3 Å². The quantitative estimate of drug-likeness (QED) is 0.613. The summed E-state index contributed by atoms with van der Waals surface area (Å²) in [6.45, 7) is 9.98. The summed E-state index contributed by atoms with van der Waals surface area (Å²) in [5.41, 5.74) is 4.87. The number of benzene rings is 2. The van der Waals surface area contributed by atoms with Crippen molar-refractivity contribution in [1.29, 1.82) is 0 Å². The molecule has 8 heteroatoms. The van der Waals surface area contributed by atoms with E-state index >= 15 is 0 Å². The number of para-hydroxylation sites is 1.